The first-order valence-electron chi connectivity index (χ1n) is 13.1. The molecule has 0 saturated heterocycles. The van der Waals surface area contributed by atoms with Gasteiger partial charge in [0.25, 0.3) is 10.0 Å². The van der Waals surface area contributed by atoms with Gasteiger partial charge in [-0.15, -0.1) is 0 Å². The summed E-state index contributed by atoms with van der Waals surface area (Å²) in [6.45, 7) is 3.47. The molecule has 0 N–H and O–H groups in total. The molecule has 0 amide bonds. The average Bonchev–Trinajstić information content (AvgIpc) is 3.09. The average molecular weight is 487 g/mol. The fourth-order valence-corrected chi connectivity index (χ4v) is 5.25. The van der Waals surface area contributed by atoms with E-state index >= 15 is 0 Å². The summed E-state index contributed by atoms with van der Waals surface area (Å²) in [5, 5.41) is 10.9. The van der Waals surface area contributed by atoms with Gasteiger partial charge in [-0.2, -0.15) is 12.8 Å². The van der Waals surface area contributed by atoms with Crippen LogP contribution in [0.3, 0.4) is 0 Å². The molecule has 0 unspecified atom stereocenters. The van der Waals surface area contributed by atoms with Crippen LogP contribution in [-0.4, -0.2) is 14.3 Å². The van der Waals surface area contributed by atoms with Gasteiger partial charge >= 0.3 is 0 Å². The topological polar surface area (TPSA) is 73.4 Å². The third kappa shape index (κ3) is 10.8. The Bertz CT molecular complexity index is 943. The van der Waals surface area contributed by atoms with Crippen LogP contribution in [0.5, 0.6) is 0 Å². The summed E-state index contributed by atoms with van der Waals surface area (Å²) >= 11 is 0. The number of aromatic nitrogens is 1. The highest BCUT2D eigenvalue weighted by Gasteiger charge is 2.22. The van der Waals surface area contributed by atoms with Crippen molar-refractivity contribution in [2.75, 3.05) is 0 Å². The third-order valence-electron chi connectivity index (χ3n) is 6.15. The van der Waals surface area contributed by atoms with Crippen molar-refractivity contribution in [2.24, 2.45) is 4.40 Å². The first kappa shape index (κ1) is 28.0. The second kappa shape index (κ2) is 16.4. The summed E-state index contributed by atoms with van der Waals surface area (Å²) in [5.41, 5.74) is 0.164. The van der Waals surface area contributed by atoms with Gasteiger partial charge in [0, 0.05) is 30.0 Å². The van der Waals surface area contributed by atoms with Crippen LogP contribution < -0.4 is 9.67 Å². The molecule has 0 spiro atoms. The van der Waals surface area contributed by atoms with Crippen LogP contribution in [0, 0.1) is 0 Å². The van der Waals surface area contributed by atoms with Gasteiger partial charge in [0.15, 0.2) is 12.4 Å². The Morgan fingerprint density at radius 2 is 1.21 bits per heavy atom. The number of sulfonamides is 1. The van der Waals surface area contributed by atoms with Crippen molar-refractivity contribution in [2.45, 2.75) is 108 Å². The molecule has 0 fully saturated rings. The third-order valence-corrected chi connectivity index (χ3v) is 7.46. The normalized spacial score (nSPS) is 13.6. The minimum Gasteiger partial charge on any atom is -0.858 e. The van der Waals surface area contributed by atoms with E-state index < -0.39 is 15.9 Å². The van der Waals surface area contributed by atoms with Crippen molar-refractivity contribution < 1.29 is 18.1 Å². The number of fused-ring (bicyclic) bond motifs is 1. The molecule has 1 aliphatic heterocycles. The van der Waals surface area contributed by atoms with E-state index in [2.05, 4.69) is 46.5 Å². The zero-order valence-corrected chi connectivity index (χ0v) is 21.6. The fraction of sp³-hybridized carbons (Fsp3) is 0.571. The predicted molar refractivity (Wildman–Crippen MR) is 137 cm³/mol. The van der Waals surface area contributed by atoms with Crippen molar-refractivity contribution in [3.63, 3.8) is 0 Å². The van der Waals surface area contributed by atoms with E-state index in [1.807, 2.05) is 0 Å². The van der Waals surface area contributed by atoms with Crippen LogP contribution >= 0.6 is 0 Å². The zero-order valence-electron chi connectivity index (χ0n) is 20.8. The van der Waals surface area contributed by atoms with Crippen LogP contribution in [0.2, 0.25) is 0 Å². The molecule has 6 heteroatoms. The summed E-state index contributed by atoms with van der Waals surface area (Å²) < 4.78 is 27.5. The molecular formula is C28H42N2O3S. The van der Waals surface area contributed by atoms with E-state index in [9.17, 15) is 13.5 Å². The number of hydrogen-bond donors (Lipinski definition) is 0. The maximum atomic E-state index is 11.1. The molecule has 5 nitrogen and oxygen atoms in total. The Balaban J connectivity index is 0.000000283. The molecule has 1 aromatic heterocycles. The minimum atomic E-state index is -3.68. The highest BCUT2D eigenvalue weighted by Crippen LogP contribution is 2.23. The van der Waals surface area contributed by atoms with Crippen molar-refractivity contribution in [1.82, 2.24) is 0 Å². The van der Waals surface area contributed by atoms with Crippen LogP contribution in [0.15, 0.2) is 64.2 Å². The molecule has 2 aromatic rings. The Morgan fingerprint density at radius 1 is 0.706 bits per heavy atom. The minimum absolute atomic E-state index is 0.00926. The van der Waals surface area contributed by atoms with Gasteiger partial charge in [-0.05, 0) is 12.5 Å². The van der Waals surface area contributed by atoms with E-state index in [0.29, 0.717) is 0 Å². The number of rotatable bonds is 15. The molecule has 1 aromatic carbocycles. The van der Waals surface area contributed by atoms with E-state index in [1.54, 1.807) is 12.1 Å². The number of nitrogens with zero attached hydrogens (tertiary/aromatic N) is 2. The Labute approximate surface area is 207 Å². The van der Waals surface area contributed by atoms with E-state index in [-0.39, 0.29) is 10.5 Å². The number of hydrogen-bond acceptors (Lipinski definition) is 3. The summed E-state index contributed by atoms with van der Waals surface area (Å²) in [7, 11) is -3.68. The second-order valence-corrected chi connectivity index (χ2v) is 10.6. The van der Waals surface area contributed by atoms with Gasteiger partial charge in [-0.1, -0.05) is 108 Å². The Kier molecular flexibility index (Phi) is 13.5. The van der Waals surface area contributed by atoms with Crippen LogP contribution in [0.1, 0.15) is 102 Å². The zero-order chi connectivity index (χ0) is 24.5. The number of benzene rings is 1. The largest absolute Gasteiger partial charge is 0.858 e. The fourth-order valence-electron chi connectivity index (χ4n) is 4.15. The SMILES string of the molecule is CCCCCCCCCCCCCCCC[n+]1ccccc1.O=S1(=O)N=C([O-])c2ccccc21. The van der Waals surface area contributed by atoms with Crippen molar-refractivity contribution in [1.29, 1.82) is 0 Å². The van der Waals surface area contributed by atoms with Gasteiger partial charge in [-0.3, -0.25) is 0 Å². The highest BCUT2D eigenvalue weighted by molar-refractivity contribution is 7.90. The number of pyridine rings is 1. The molecule has 3 rings (SSSR count). The molecule has 0 radical (unpaired) electrons. The van der Waals surface area contributed by atoms with E-state index in [1.165, 1.54) is 109 Å². The van der Waals surface area contributed by atoms with E-state index in [0.717, 1.165) is 0 Å². The van der Waals surface area contributed by atoms with Crippen molar-refractivity contribution in [3.8, 4) is 0 Å². The van der Waals surface area contributed by atoms with Gasteiger partial charge in [0.2, 0.25) is 0 Å². The summed E-state index contributed by atoms with van der Waals surface area (Å²) in [5.74, 6) is -0.675. The van der Waals surface area contributed by atoms with Gasteiger partial charge in [0.1, 0.15) is 6.54 Å². The van der Waals surface area contributed by atoms with E-state index in [4.69, 9.17) is 0 Å². The molecule has 188 valence electrons. The maximum Gasteiger partial charge on any atom is 0.282 e. The van der Waals surface area contributed by atoms with Crippen molar-refractivity contribution >= 4 is 15.9 Å². The number of aryl methyl sites for hydroxylation is 1. The first-order valence-corrected chi connectivity index (χ1v) is 14.5. The molecule has 0 atom stereocenters. The lowest BCUT2D eigenvalue weighted by Gasteiger charge is -2.02. The predicted octanol–water partition coefficient (Wildman–Crippen LogP) is 5.95. The first-order chi connectivity index (χ1) is 16.5. The highest BCUT2D eigenvalue weighted by atomic mass is 32.2. The summed E-state index contributed by atoms with van der Waals surface area (Å²) in [4.78, 5) is 0.00926. The molecule has 0 saturated carbocycles. The second-order valence-electron chi connectivity index (χ2n) is 9.08. The summed E-state index contributed by atoms with van der Waals surface area (Å²) in [6, 6.07) is 12.3. The van der Waals surface area contributed by atoms with Gasteiger partial charge in [-0.25, -0.2) is 4.57 Å². The van der Waals surface area contributed by atoms with Crippen molar-refractivity contribution in [3.05, 3.63) is 60.4 Å². The Hall–Kier alpha value is -2.21. The molecule has 0 aliphatic carbocycles. The smallest absolute Gasteiger partial charge is 0.282 e. The Morgan fingerprint density at radius 3 is 1.74 bits per heavy atom. The van der Waals surface area contributed by atoms with Crippen LogP contribution in [-0.2, 0) is 16.6 Å². The molecule has 0 bridgehead atoms. The van der Waals surface area contributed by atoms with Crippen LogP contribution in [0.4, 0.5) is 0 Å². The van der Waals surface area contributed by atoms with Gasteiger partial charge < -0.3 is 5.11 Å². The lowest BCUT2D eigenvalue weighted by molar-refractivity contribution is -0.697. The monoisotopic (exact) mass is 486 g/mol. The molecular weight excluding hydrogens is 444 g/mol. The van der Waals surface area contributed by atoms with Crippen LogP contribution in [0.25, 0.3) is 0 Å². The standard InChI is InChI=1S/C21H38N.C7H5NO3S/c1-2-3-4-5-6-7-8-9-10-11-12-13-14-16-19-22-20-17-15-18-21-22;9-7-5-3-1-2-4-6(5)12(10,11)8-7/h15,17-18,20-21H,2-14,16,19H2,1H3;1-4H,(H,8,9)/q+1;/p-1. The molecule has 1 aliphatic rings. The quantitative estimate of drug-likeness (QED) is 0.231. The lowest BCUT2D eigenvalue weighted by atomic mass is 10.0. The lowest BCUT2D eigenvalue weighted by Crippen LogP contribution is -2.32. The summed E-state index contributed by atoms with van der Waals surface area (Å²) in [6.07, 6.45) is 24.4. The maximum absolute atomic E-state index is 11.1. The molecule has 2 heterocycles. The molecule has 34 heavy (non-hydrogen) atoms. The van der Waals surface area contributed by atoms with Gasteiger partial charge in [0.05, 0.1) is 4.90 Å². The number of unbranched alkanes of at least 4 members (excludes halogenated alkanes) is 13.